The molecule has 1 aliphatic rings. The summed E-state index contributed by atoms with van der Waals surface area (Å²) in [7, 11) is 1.40. The van der Waals surface area contributed by atoms with Gasteiger partial charge in [-0.25, -0.2) is 0 Å². The Bertz CT molecular complexity index is 790. The van der Waals surface area contributed by atoms with Crippen LogP contribution in [0.4, 0.5) is 5.69 Å². The largest absolute Gasteiger partial charge is 0.469 e. The minimum absolute atomic E-state index is 0.0386. The van der Waals surface area contributed by atoms with E-state index in [-0.39, 0.29) is 23.8 Å². The molecule has 0 radical (unpaired) electrons. The molecule has 0 saturated heterocycles. The zero-order valence-corrected chi connectivity index (χ0v) is 15.7. The standard InChI is InChI=1S/C19H18INO3/c1-12-11-15(19(23)24-2)13-7-4-6-10-17(13)21(12)18(22)14-8-3-5-9-16(14)20/h3-10,12,15H,11H2,1-2H3. The minimum atomic E-state index is -0.333. The van der Waals surface area contributed by atoms with Crippen LogP contribution in [0.1, 0.15) is 35.2 Å². The molecule has 0 spiro atoms. The van der Waals surface area contributed by atoms with E-state index in [1.807, 2.05) is 55.5 Å². The fraction of sp³-hybridized carbons (Fsp3) is 0.263. The van der Waals surface area contributed by atoms with Gasteiger partial charge in [0.15, 0.2) is 0 Å². The third-order valence-corrected chi connectivity index (χ3v) is 5.34. The number of anilines is 1. The van der Waals surface area contributed by atoms with Gasteiger partial charge < -0.3 is 9.64 Å². The first-order valence-corrected chi connectivity index (χ1v) is 8.87. The van der Waals surface area contributed by atoms with Crippen molar-refractivity contribution in [1.82, 2.24) is 0 Å². The molecule has 1 aliphatic heterocycles. The molecule has 1 heterocycles. The van der Waals surface area contributed by atoms with Crippen LogP contribution < -0.4 is 4.90 Å². The number of amides is 1. The molecule has 3 rings (SSSR count). The van der Waals surface area contributed by atoms with Gasteiger partial charge in [0.05, 0.1) is 18.6 Å². The summed E-state index contributed by atoms with van der Waals surface area (Å²) in [6.07, 6.45) is 0.554. The Balaban J connectivity index is 2.07. The van der Waals surface area contributed by atoms with Gasteiger partial charge in [-0.1, -0.05) is 30.3 Å². The van der Waals surface area contributed by atoms with Crippen LogP contribution in [-0.4, -0.2) is 25.0 Å². The van der Waals surface area contributed by atoms with Crippen LogP contribution >= 0.6 is 22.6 Å². The number of halogens is 1. The van der Waals surface area contributed by atoms with E-state index < -0.39 is 0 Å². The Labute approximate surface area is 154 Å². The van der Waals surface area contributed by atoms with E-state index in [0.29, 0.717) is 12.0 Å². The number of carbonyl (C=O) groups is 2. The van der Waals surface area contributed by atoms with Crippen LogP contribution in [0.25, 0.3) is 0 Å². The van der Waals surface area contributed by atoms with Crippen molar-refractivity contribution in [3.63, 3.8) is 0 Å². The summed E-state index contributed by atoms with van der Waals surface area (Å²) >= 11 is 2.18. The first-order valence-electron chi connectivity index (χ1n) is 7.79. The van der Waals surface area contributed by atoms with Gasteiger partial charge in [0.1, 0.15) is 0 Å². The van der Waals surface area contributed by atoms with Crippen LogP contribution in [0.2, 0.25) is 0 Å². The van der Waals surface area contributed by atoms with Crippen LogP contribution in [0.5, 0.6) is 0 Å². The van der Waals surface area contributed by atoms with Crippen LogP contribution in [0, 0.1) is 3.57 Å². The molecule has 0 aliphatic carbocycles. The Kier molecular flexibility index (Phi) is 4.89. The van der Waals surface area contributed by atoms with Crippen molar-refractivity contribution >= 4 is 40.2 Å². The van der Waals surface area contributed by atoms with Crippen LogP contribution in [0.3, 0.4) is 0 Å². The number of carbonyl (C=O) groups excluding carboxylic acids is 2. The van der Waals surface area contributed by atoms with Gasteiger partial charge in [0.2, 0.25) is 0 Å². The summed E-state index contributed by atoms with van der Waals surface area (Å²) in [5, 5.41) is 0. The lowest BCUT2D eigenvalue weighted by molar-refractivity contribution is -0.142. The van der Waals surface area contributed by atoms with Crippen LogP contribution in [0.15, 0.2) is 48.5 Å². The maximum Gasteiger partial charge on any atom is 0.313 e. The molecule has 2 unspecified atom stereocenters. The summed E-state index contributed by atoms with van der Waals surface area (Å²) in [6, 6.07) is 15.0. The summed E-state index contributed by atoms with van der Waals surface area (Å²) in [5.74, 6) is -0.626. The average Bonchev–Trinajstić information content (AvgIpc) is 2.60. The van der Waals surface area contributed by atoms with Crippen molar-refractivity contribution in [2.24, 2.45) is 0 Å². The molecule has 5 heteroatoms. The van der Waals surface area contributed by atoms with Crippen molar-refractivity contribution in [2.75, 3.05) is 12.0 Å². The quantitative estimate of drug-likeness (QED) is 0.530. The fourth-order valence-corrected chi connectivity index (χ4v) is 3.87. The number of rotatable bonds is 2. The van der Waals surface area contributed by atoms with Gasteiger partial charge in [0.25, 0.3) is 5.91 Å². The Morgan fingerprint density at radius 2 is 1.79 bits per heavy atom. The molecule has 2 aromatic rings. The molecule has 124 valence electrons. The number of methoxy groups -OCH3 is 1. The highest BCUT2D eigenvalue weighted by Crippen LogP contribution is 2.39. The second-order valence-corrected chi connectivity index (χ2v) is 7.04. The zero-order valence-electron chi connectivity index (χ0n) is 13.5. The zero-order chi connectivity index (χ0) is 17.3. The van der Waals surface area contributed by atoms with Crippen molar-refractivity contribution < 1.29 is 14.3 Å². The van der Waals surface area contributed by atoms with E-state index >= 15 is 0 Å². The highest BCUT2D eigenvalue weighted by Gasteiger charge is 2.37. The maximum absolute atomic E-state index is 13.1. The van der Waals surface area contributed by atoms with E-state index in [9.17, 15) is 9.59 Å². The summed E-state index contributed by atoms with van der Waals surface area (Å²) in [4.78, 5) is 27.1. The highest BCUT2D eigenvalue weighted by molar-refractivity contribution is 14.1. The Morgan fingerprint density at radius 1 is 1.12 bits per heavy atom. The number of nitrogens with zero attached hydrogens (tertiary/aromatic N) is 1. The number of para-hydroxylation sites is 1. The highest BCUT2D eigenvalue weighted by atomic mass is 127. The van der Waals surface area contributed by atoms with Crippen molar-refractivity contribution in [3.8, 4) is 0 Å². The molecule has 2 atom stereocenters. The van der Waals surface area contributed by atoms with Gasteiger partial charge in [0, 0.05) is 15.3 Å². The first kappa shape index (κ1) is 17.0. The maximum atomic E-state index is 13.1. The van der Waals surface area contributed by atoms with Crippen molar-refractivity contribution in [2.45, 2.75) is 25.3 Å². The molecule has 0 bridgehead atoms. The Morgan fingerprint density at radius 3 is 2.50 bits per heavy atom. The van der Waals surface area contributed by atoms with Gasteiger partial charge >= 0.3 is 5.97 Å². The predicted octanol–water partition coefficient (Wildman–Crippen LogP) is 3.99. The molecular weight excluding hydrogens is 417 g/mol. The second-order valence-electron chi connectivity index (χ2n) is 5.87. The van der Waals surface area contributed by atoms with Crippen LogP contribution in [-0.2, 0) is 9.53 Å². The third-order valence-electron chi connectivity index (χ3n) is 4.40. The molecule has 2 aromatic carbocycles. The molecule has 24 heavy (non-hydrogen) atoms. The minimum Gasteiger partial charge on any atom is -0.469 e. The number of fused-ring (bicyclic) bond motifs is 1. The molecule has 0 aromatic heterocycles. The fourth-order valence-electron chi connectivity index (χ4n) is 3.25. The number of ether oxygens (including phenoxy) is 1. The monoisotopic (exact) mass is 435 g/mol. The van der Waals surface area contributed by atoms with Gasteiger partial charge in [-0.3, -0.25) is 9.59 Å². The molecule has 0 saturated carbocycles. The lowest BCUT2D eigenvalue weighted by atomic mass is 9.85. The SMILES string of the molecule is COC(=O)C1CC(C)N(C(=O)c2ccccc2I)c2ccccc21. The number of hydrogen-bond donors (Lipinski definition) is 0. The summed E-state index contributed by atoms with van der Waals surface area (Å²) in [6.45, 7) is 1.97. The third kappa shape index (κ3) is 2.92. The van der Waals surface area contributed by atoms with Gasteiger partial charge in [-0.05, 0) is 59.7 Å². The van der Waals surface area contributed by atoms with E-state index in [4.69, 9.17) is 4.74 Å². The Hall–Kier alpha value is -1.89. The summed E-state index contributed by atoms with van der Waals surface area (Å²) < 4.78 is 5.87. The van der Waals surface area contributed by atoms with Gasteiger partial charge in [-0.2, -0.15) is 0 Å². The lowest BCUT2D eigenvalue weighted by Gasteiger charge is -2.38. The lowest BCUT2D eigenvalue weighted by Crippen LogP contribution is -2.44. The number of hydrogen-bond acceptors (Lipinski definition) is 3. The molecule has 1 amide bonds. The van der Waals surface area contributed by atoms with Crippen molar-refractivity contribution in [1.29, 1.82) is 0 Å². The van der Waals surface area contributed by atoms with E-state index in [1.54, 1.807) is 4.90 Å². The molecular formula is C19H18INO3. The normalized spacial score (nSPS) is 19.5. The van der Waals surface area contributed by atoms with Crippen molar-refractivity contribution in [3.05, 3.63) is 63.2 Å². The topological polar surface area (TPSA) is 46.6 Å². The molecule has 4 nitrogen and oxygen atoms in total. The summed E-state index contributed by atoms with van der Waals surface area (Å²) in [5.41, 5.74) is 2.31. The van der Waals surface area contributed by atoms with Gasteiger partial charge in [-0.15, -0.1) is 0 Å². The predicted molar refractivity (Wildman–Crippen MR) is 101 cm³/mol. The second kappa shape index (κ2) is 6.93. The van der Waals surface area contributed by atoms with E-state index in [1.165, 1.54) is 7.11 Å². The van der Waals surface area contributed by atoms with E-state index in [2.05, 4.69) is 22.6 Å². The average molecular weight is 435 g/mol. The molecule has 0 N–H and O–H groups in total. The molecule has 0 fully saturated rings. The number of benzene rings is 2. The van der Waals surface area contributed by atoms with E-state index in [0.717, 1.165) is 14.8 Å². The smallest absolute Gasteiger partial charge is 0.313 e. The number of esters is 1. The first-order chi connectivity index (χ1) is 11.5.